The van der Waals surface area contributed by atoms with Crippen LogP contribution in [0.5, 0.6) is 0 Å². The van der Waals surface area contributed by atoms with Crippen LogP contribution in [0, 0.1) is 5.82 Å². The molecule has 1 saturated heterocycles. The van der Waals surface area contributed by atoms with E-state index >= 15 is 0 Å². The number of halogens is 1. The second-order valence-electron chi connectivity index (χ2n) is 5.67. The van der Waals surface area contributed by atoms with E-state index in [9.17, 15) is 9.18 Å². The van der Waals surface area contributed by atoms with Gasteiger partial charge in [0, 0.05) is 26.7 Å². The minimum atomic E-state index is -0.734. The molecule has 1 atom stereocenters. The fourth-order valence-electron chi connectivity index (χ4n) is 2.67. The van der Waals surface area contributed by atoms with Crippen molar-refractivity contribution < 1.29 is 23.4 Å². The van der Waals surface area contributed by atoms with Crippen LogP contribution >= 0.6 is 0 Å². The van der Waals surface area contributed by atoms with Gasteiger partial charge < -0.3 is 14.2 Å². The first-order chi connectivity index (χ1) is 10.6. The van der Waals surface area contributed by atoms with Gasteiger partial charge >= 0.3 is 5.97 Å². The van der Waals surface area contributed by atoms with Gasteiger partial charge in [-0.3, -0.25) is 4.79 Å². The first-order valence-corrected chi connectivity index (χ1v) is 7.62. The van der Waals surface area contributed by atoms with E-state index in [0.717, 1.165) is 5.56 Å². The summed E-state index contributed by atoms with van der Waals surface area (Å²) in [4.78, 5) is 12.7. The number of rotatable bonds is 6. The molecule has 0 saturated carbocycles. The monoisotopic (exact) mass is 310 g/mol. The minimum Gasteiger partial charge on any atom is -0.465 e. The number of carbonyl (C=O) groups is 1. The topological polar surface area (TPSA) is 44.8 Å². The molecule has 0 spiro atoms. The van der Waals surface area contributed by atoms with Crippen LogP contribution in [-0.2, 0) is 24.4 Å². The van der Waals surface area contributed by atoms with Gasteiger partial charge in [-0.1, -0.05) is 12.1 Å². The lowest BCUT2D eigenvalue weighted by Gasteiger charge is -2.35. The molecule has 0 radical (unpaired) electrons. The van der Waals surface area contributed by atoms with Gasteiger partial charge in [-0.25, -0.2) is 4.39 Å². The molecule has 122 valence electrons. The van der Waals surface area contributed by atoms with E-state index in [-0.39, 0.29) is 17.9 Å². The second-order valence-corrected chi connectivity index (χ2v) is 5.67. The van der Waals surface area contributed by atoms with Gasteiger partial charge in [-0.05, 0) is 37.5 Å². The van der Waals surface area contributed by atoms with Crippen LogP contribution in [0.4, 0.5) is 4.39 Å². The molecule has 0 aromatic heterocycles. The molecule has 22 heavy (non-hydrogen) atoms. The third-order valence-corrected chi connectivity index (χ3v) is 4.29. The number of hydrogen-bond acceptors (Lipinski definition) is 4. The maximum atomic E-state index is 13.2. The van der Waals surface area contributed by atoms with Crippen LogP contribution in [0.25, 0.3) is 0 Å². The Morgan fingerprint density at radius 1 is 1.32 bits per heavy atom. The zero-order chi connectivity index (χ0) is 16.0. The van der Waals surface area contributed by atoms with Gasteiger partial charge in [0.2, 0.25) is 0 Å². The highest BCUT2D eigenvalue weighted by atomic mass is 19.1. The number of methoxy groups -OCH3 is 1. The van der Waals surface area contributed by atoms with E-state index < -0.39 is 5.41 Å². The number of benzene rings is 1. The molecule has 0 aliphatic carbocycles. The minimum absolute atomic E-state index is 0.0456. The summed E-state index contributed by atoms with van der Waals surface area (Å²) in [5.74, 6) is -0.570. The van der Waals surface area contributed by atoms with Crippen molar-refractivity contribution in [2.45, 2.75) is 37.7 Å². The molecule has 0 unspecified atom stereocenters. The molecule has 0 bridgehead atoms. The molecule has 4 nitrogen and oxygen atoms in total. The van der Waals surface area contributed by atoms with Gasteiger partial charge in [0.1, 0.15) is 5.82 Å². The molecule has 1 aromatic carbocycles. The van der Waals surface area contributed by atoms with Crippen LogP contribution in [0.15, 0.2) is 24.3 Å². The van der Waals surface area contributed by atoms with Crippen LogP contribution in [0.1, 0.15) is 31.7 Å². The molecule has 1 fully saturated rings. The van der Waals surface area contributed by atoms with Crippen molar-refractivity contribution in [1.29, 1.82) is 0 Å². The predicted molar refractivity (Wildman–Crippen MR) is 80.2 cm³/mol. The van der Waals surface area contributed by atoms with Gasteiger partial charge in [-0.2, -0.15) is 0 Å². The zero-order valence-corrected chi connectivity index (χ0v) is 13.1. The maximum absolute atomic E-state index is 13.2. The van der Waals surface area contributed by atoms with Crippen molar-refractivity contribution in [2.75, 3.05) is 26.9 Å². The highest BCUT2D eigenvalue weighted by Crippen LogP contribution is 2.36. The van der Waals surface area contributed by atoms with Crippen LogP contribution < -0.4 is 0 Å². The summed E-state index contributed by atoms with van der Waals surface area (Å²) in [6.45, 7) is 3.25. The summed E-state index contributed by atoms with van der Waals surface area (Å²) in [7, 11) is 1.63. The Morgan fingerprint density at radius 3 is 2.55 bits per heavy atom. The molecule has 0 N–H and O–H groups in total. The van der Waals surface area contributed by atoms with Crippen LogP contribution in [0.2, 0.25) is 0 Å². The Balaban J connectivity index is 2.11. The Bertz CT molecular complexity index is 480. The number of hydrogen-bond donors (Lipinski definition) is 0. The van der Waals surface area contributed by atoms with Crippen LogP contribution in [-0.4, -0.2) is 39.0 Å². The maximum Gasteiger partial charge on any atom is 0.316 e. The van der Waals surface area contributed by atoms with Crippen molar-refractivity contribution in [3.05, 3.63) is 35.6 Å². The number of ether oxygens (including phenoxy) is 3. The first kappa shape index (κ1) is 16.9. The summed E-state index contributed by atoms with van der Waals surface area (Å²) in [6, 6.07) is 6.10. The van der Waals surface area contributed by atoms with E-state index in [4.69, 9.17) is 14.2 Å². The molecule has 1 aromatic rings. The number of carbonyl (C=O) groups excluding carboxylic acids is 1. The highest BCUT2D eigenvalue weighted by Gasteiger charge is 2.43. The molecule has 1 aliphatic heterocycles. The van der Waals surface area contributed by atoms with Gasteiger partial charge in [0.15, 0.2) is 0 Å². The highest BCUT2D eigenvalue weighted by molar-refractivity contribution is 5.83. The molecule has 0 amide bonds. The normalized spacial score (nSPS) is 18.7. The van der Waals surface area contributed by atoms with Gasteiger partial charge in [0.25, 0.3) is 0 Å². The van der Waals surface area contributed by atoms with Crippen molar-refractivity contribution in [3.8, 4) is 0 Å². The summed E-state index contributed by atoms with van der Waals surface area (Å²) >= 11 is 0. The van der Waals surface area contributed by atoms with E-state index in [1.54, 1.807) is 19.2 Å². The van der Waals surface area contributed by atoms with Crippen molar-refractivity contribution >= 4 is 5.97 Å². The van der Waals surface area contributed by atoms with Crippen LogP contribution in [0.3, 0.4) is 0 Å². The standard InChI is InChI=1S/C17H23FO4/c1-13(20-2)7-10-22-16(19)17(8-11-21-12-9-17)14-3-5-15(18)6-4-14/h3-6,13H,7-12H2,1-2H3/t13-/m1/s1. The summed E-state index contributed by atoms with van der Waals surface area (Å²) in [6.07, 6.45) is 1.80. The van der Waals surface area contributed by atoms with E-state index in [1.807, 2.05) is 6.92 Å². The van der Waals surface area contributed by atoms with Gasteiger partial charge in [0.05, 0.1) is 18.1 Å². The molecule has 1 heterocycles. The molecule has 2 rings (SSSR count). The average molecular weight is 310 g/mol. The fourth-order valence-corrected chi connectivity index (χ4v) is 2.67. The van der Waals surface area contributed by atoms with E-state index in [2.05, 4.69) is 0 Å². The second kappa shape index (κ2) is 7.70. The Labute approximate surface area is 130 Å². The molecule has 5 heteroatoms. The van der Waals surface area contributed by atoms with Crippen molar-refractivity contribution in [3.63, 3.8) is 0 Å². The molecule has 1 aliphatic rings. The lowest BCUT2D eigenvalue weighted by Crippen LogP contribution is -2.42. The Morgan fingerprint density at radius 2 is 1.95 bits per heavy atom. The predicted octanol–water partition coefficient (Wildman–Crippen LogP) is 2.84. The van der Waals surface area contributed by atoms with E-state index in [0.29, 0.717) is 39.1 Å². The molecular formula is C17H23FO4. The first-order valence-electron chi connectivity index (χ1n) is 7.62. The third kappa shape index (κ3) is 3.84. The lowest BCUT2D eigenvalue weighted by molar-refractivity contribution is -0.155. The summed E-state index contributed by atoms with van der Waals surface area (Å²) < 4.78 is 29.2. The summed E-state index contributed by atoms with van der Waals surface area (Å²) in [5.41, 5.74) is 0.0596. The summed E-state index contributed by atoms with van der Waals surface area (Å²) in [5, 5.41) is 0. The zero-order valence-electron chi connectivity index (χ0n) is 13.1. The SMILES string of the molecule is CO[C@H](C)CCOC(=O)C1(c2ccc(F)cc2)CCOCC1. The lowest BCUT2D eigenvalue weighted by atomic mass is 9.74. The molecular weight excluding hydrogens is 287 g/mol. The quantitative estimate of drug-likeness (QED) is 0.758. The third-order valence-electron chi connectivity index (χ3n) is 4.29. The average Bonchev–Trinajstić information content (AvgIpc) is 2.55. The smallest absolute Gasteiger partial charge is 0.316 e. The van der Waals surface area contributed by atoms with Crippen molar-refractivity contribution in [1.82, 2.24) is 0 Å². The Hall–Kier alpha value is -1.46. The van der Waals surface area contributed by atoms with Gasteiger partial charge in [-0.15, -0.1) is 0 Å². The number of esters is 1. The van der Waals surface area contributed by atoms with E-state index in [1.165, 1.54) is 12.1 Å². The fraction of sp³-hybridized carbons (Fsp3) is 0.588. The van der Waals surface area contributed by atoms with Crippen molar-refractivity contribution in [2.24, 2.45) is 0 Å². The largest absolute Gasteiger partial charge is 0.465 e. The Kier molecular flexibility index (Phi) is 5.91.